The summed E-state index contributed by atoms with van der Waals surface area (Å²) in [6, 6.07) is -0.526. The molecule has 0 radical (unpaired) electrons. The van der Waals surface area contributed by atoms with E-state index in [2.05, 4.69) is 20.2 Å². The van der Waals surface area contributed by atoms with Gasteiger partial charge in [-0.25, -0.2) is 14.8 Å². The van der Waals surface area contributed by atoms with Gasteiger partial charge in [-0.3, -0.25) is 0 Å². The number of carbonyl (C=O) groups excluding carboxylic acids is 1. The van der Waals surface area contributed by atoms with Gasteiger partial charge in [0, 0.05) is 6.42 Å². The van der Waals surface area contributed by atoms with Crippen molar-refractivity contribution in [2.24, 2.45) is 0 Å². The van der Waals surface area contributed by atoms with Crippen molar-refractivity contribution >= 4 is 40.8 Å². The standard InChI is InChI=1S/C10H11Cl3N6O/c1-2-3-4-7-16-8(10(11,12)13)17-19(7)9(20)18-6-14-5-15-18/h5-6H,2-4H2,1H3. The van der Waals surface area contributed by atoms with E-state index in [0.717, 1.165) is 22.2 Å². The number of hydrogen-bond donors (Lipinski definition) is 0. The monoisotopic (exact) mass is 336 g/mol. The molecule has 0 amide bonds. The maximum absolute atomic E-state index is 12.2. The lowest BCUT2D eigenvalue weighted by Crippen LogP contribution is -2.23. The van der Waals surface area contributed by atoms with E-state index < -0.39 is 9.82 Å². The van der Waals surface area contributed by atoms with Crippen LogP contribution < -0.4 is 0 Å². The fourth-order valence-electron chi connectivity index (χ4n) is 1.52. The molecule has 10 heteroatoms. The summed E-state index contributed by atoms with van der Waals surface area (Å²) in [5.74, 6) is 0.385. The molecule has 7 nitrogen and oxygen atoms in total. The summed E-state index contributed by atoms with van der Waals surface area (Å²) in [5, 5.41) is 7.72. The molecule has 2 rings (SSSR count). The van der Waals surface area contributed by atoms with Crippen molar-refractivity contribution in [2.45, 2.75) is 30.0 Å². The van der Waals surface area contributed by atoms with Gasteiger partial charge in [0.05, 0.1) is 0 Å². The number of nitrogens with zero attached hydrogens (tertiary/aromatic N) is 6. The van der Waals surface area contributed by atoms with Crippen LogP contribution in [0.3, 0.4) is 0 Å². The van der Waals surface area contributed by atoms with Crippen LogP contribution in [0.25, 0.3) is 0 Å². The Balaban J connectivity index is 2.39. The molecule has 0 fully saturated rings. The number of unbranched alkanes of at least 4 members (excludes halogenated alkanes) is 1. The topological polar surface area (TPSA) is 78.5 Å². The number of carbonyl (C=O) groups is 1. The number of aryl methyl sites for hydroxylation is 1. The molecule has 0 unspecified atom stereocenters. The van der Waals surface area contributed by atoms with Crippen molar-refractivity contribution in [1.29, 1.82) is 0 Å². The number of hydrogen-bond acceptors (Lipinski definition) is 5. The van der Waals surface area contributed by atoms with Crippen LogP contribution in [0.5, 0.6) is 0 Å². The van der Waals surface area contributed by atoms with Crippen LogP contribution in [0, 0.1) is 0 Å². The van der Waals surface area contributed by atoms with E-state index in [0.29, 0.717) is 12.2 Å². The molecule has 0 aliphatic rings. The second-order valence-corrected chi connectivity index (χ2v) is 6.27. The van der Waals surface area contributed by atoms with Crippen LogP contribution in [0.1, 0.15) is 31.4 Å². The van der Waals surface area contributed by atoms with E-state index in [4.69, 9.17) is 34.8 Å². The van der Waals surface area contributed by atoms with Gasteiger partial charge in [0.1, 0.15) is 18.5 Å². The molecule has 0 saturated heterocycles. The van der Waals surface area contributed by atoms with E-state index in [-0.39, 0.29) is 5.82 Å². The lowest BCUT2D eigenvalue weighted by atomic mass is 10.2. The van der Waals surface area contributed by atoms with Crippen LogP contribution in [0.15, 0.2) is 12.7 Å². The molecule has 0 aromatic carbocycles. The molecule has 0 saturated carbocycles. The minimum absolute atomic E-state index is 0.0398. The van der Waals surface area contributed by atoms with Gasteiger partial charge in [-0.15, -0.1) is 5.10 Å². The zero-order valence-electron chi connectivity index (χ0n) is 10.5. The molecule has 0 atom stereocenters. The Kier molecular flexibility index (Phi) is 4.62. The number of halogens is 3. The summed E-state index contributed by atoms with van der Waals surface area (Å²) in [7, 11) is 0. The summed E-state index contributed by atoms with van der Waals surface area (Å²) in [5.41, 5.74) is 0. The third-order valence-corrected chi connectivity index (χ3v) is 2.98. The van der Waals surface area contributed by atoms with E-state index in [1.54, 1.807) is 0 Å². The normalized spacial score (nSPS) is 11.8. The molecule has 0 aliphatic heterocycles. The summed E-state index contributed by atoms with van der Waals surface area (Å²) < 4.78 is 0.336. The van der Waals surface area contributed by atoms with E-state index >= 15 is 0 Å². The summed E-state index contributed by atoms with van der Waals surface area (Å²) in [4.78, 5) is 20.1. The van der Waals surface area contributed by atoms with Gasteiger partial charge >= 0.3 is 6.03 Å². The quantitative estimate of drug-likeness (QED) is 0.804. The van der Waals surface area contributed by atoms with Crippen molar-refractivity contribution in [2.75, 3.05) is 0 Å². The van der Waals surface area contributed by atoms with Crippen molar-refractivity contribution in [3.8, 4) is 0 Å². The summed E-state index contributed by atoms with van der Waals surface area (Å²) in [6.07, 6.45) is 4.83. The molecular formula is C10H11Cl3N6O. The third-order valence-electron chi connectivity index (χ3n) is 2.48. The summed E-state index contributed by atoms with van der Waals surface area (Å²) in [6.45, 7) is 2.02. The third kappa shape index (κ3) is 3.28. The van der Waals surface area contributed by atoms with Gasteiger partial charge in [-0.05, 0) is 6.42 Å². The van der Waals surface area contributed by atoms with Crippen LogP contribution >= 0.6 is 34.8 Å². The molecule has 20 heavy (non-hydrogen) atoms. The van der Waals surface area contributed by atoms with Gasteiger partial charge in [-0.2, -0.15) is 14.5 Å². The fraction of sp³-hybridized carbons (Fsp3) is 0.500. The molecule has 2 aromatic heterocycles. The molecule has 0 bridgehead atoms. The molecule has 108 valence electrons. The van der Waals surface area contributed by atoms with Gasteiger partial charge < -0.3 is 0 Å². The molecule has 2 heterocycles. The lowest BCUT2D eigenvalue weighted by molar-refractivity contribution is 0.237. The van der Waals surface area contributed by atoms with E-state index in [9.17, 15) is 4.79 Å². The zero-order chi connectivity index (χ0) is 14.8. The largest absolute Gasteiger partial charge is 0.372 e. The van der Waals surface area contributed by atoms with Crippen LogP contribution in [0.4, 0.5) is 4.79 Å². The van der Waals surface area contributed by atoms with E-state index in [1.165, 1.54) is 12.7 Å². The SMILES string of the molecule is CCCCc1nc(C(Cl)(Cl)Cl)nn1C(=O)n1cncn1. The summed E-state index contributed by atoms with van der Waals surface area (Å²) >= 11 is 17.3. The predicted octanol–water partition coefficient (Wildman–Crippen LogP) is 2.56. The Bertz CT molecular complexity index is 589. The first kappa shape index (κ1) is 15.2. The van der Waals surface area contributed by atoms with Gasteiger partial charge in [0.15, 0.2) is 0 Å². The highest BCUT2D eigenvalue weighted by atomic mass is 35.6. The highest BCUT2D eigenvalue weighted by Gasteiger charge is 2.31. The maximum Gasteiger partial charge on any atom is 0.372 e. The maximum atomic E-state index is 12.2. The van der Waals surface area contributed by atoms with Gasteiger partial charge in [0.25, 0.3) is 3.79 Å². The Labute approximate surface area is 129 Å². The van der Waals surface area contributed by atoms with Gasteiger partial charge in [-0.1, -0.05) is 48.1 Å². The first-order valence-electron chi connectivity index (χ1n) is 5.86. The highest BCUT2D eigenvalue weighted by molar-refractivity contribution is 6.66. The average molecular weight is 338 g/mol. The Morgan fingerprint density at radius 1 is 1.40 bits per heavy atom. The van der Waals surface area contributed by atoms with Gasteiger partial charge in [0.2, 0.25) is 5.82 Å². The second-order valence-electron chi connectivity index (χ2n) is 3.99. The number of alkyl halides is 3. The van der Waals surface area contributed by atoms with Crippen LogP contribution in [-0.4, -0.2) is 35.6 Å². The molecular weight excluding hydrogens is 327 g/mol. The van der Waals surface area contributed by atoms with Crippen molar-refractivity contribution in [1.82, 2.24) is 29.5 Å². The van der Waals surface area contributed by atoms with Crippen molar-refractivity contribution in [3.05, 3.63) is 24.3 Å². The minimum atomic E-state index is -1.78. The minimum Gasteiger partial charge on any atom is -0.243 e. The molecule has 0 N–H and O–H groups in total. The lowest BCUT2D eigenvalue weighted by Gasteiger charge is -2.03. The Morgan fingerprint density at radius 2 is 2.15 bits per heavy atom. The first-order chi connectivity index (χ1) is 9.43. The Morgan fingerprint density at radius 3 is 2.70 bits per heavy atom. The fourth-order valence-corrected chi connectivity index (χ4v) is 1.76. The predicted molar refractivity (Wildman–Crippen MR) is 74.1 cm³/mol. The highest BCUT2D eigenvalue weighted by Crippen LogP contribution is 2.36. The average Bonchev–Trinajstić information content (AvgIpc) is 3.03. The van der Waals surface area contributed by atoms with Crippen LogP contribution in [-0.2, 0) is 10.2 Å². The second kappa shape index (κ2) is 6.07. The molecule has 0 aliphatic carbocycles. The van der Waals surface area contributed by atoms with Crippen LogP contribution in [0.2, 0.25) is 0 Å². The smallest absolute Gasteiger partial charge is 0.243 e. The van der Waals surface area contributed by atoms with E-state index in [1.807, 2.05) is 6.92 Å². The van der Waals surface area contributed by atoms with Crippen molar-refractivity contribution in [3.63, 3.8) is 0 Å². The number of rotatable bonds is 3. The van der Waals surface area contributed by atoms with Crippen molar-refractivity contribution < 1.29 is 4.79 Å². The Hall–Kier alpha value is -1.18. The molecule has 2 aromatic rings. The number of aromatic nitrogens is 6. The zero-order valence-corrected chi connectivity index (χ0v) is 12.8. The molecule has 0 spiro atoms. The first-order valence-corrected chi connectivity index (χ1v) is 6.99.